The lowest BCUT2D eigenvalue weighted by molar-refractivity contribution is 0.627. The van der Waals surface area contributed by atoms with Gasteiger partial charge < -0.3 is 9.32 Å². The Kier molecular flexibility index (Phi) is 8.33. The van der Waals surface area contributed by atoms with Crippen LogP contribution in [-0.4, -0.2) is 0 Å². The minimum Gasteiger partial charge on any atom is -0.456 e. The number of hydrogen-bond acceptors (Lipinski definition) is 2. The van der Waals surface area contributed by atoms with Crippen LogP contribution in [0.25, 0.3) is 66.4 Å². The normalized spacial score (nSPS) is 12.0. The fourth-order valence-electron chi connectivity index (χ4n) is 8.99. The van der Waals surface area contributed by atoms with Crippen molar-refractivity contribution in [2.45, 2.75) is 12.8 Å². The Labute approximate surface area is 338 Å². The molecule has 1 heterocycles. The van der Waals surface area contributed by atoms with E-state index in [0.29, 0.717) is 0 Å². The minimum absolute atomic E-state index is 0.769. The molecule has 0 saturated heterocycles. The second-order valence-electron chi connectivity index (χ2n) is 15.2. The van der Waals surface area contributed by atoms with Crippen molar-refractivity contribution in [1.82, 2.24) is 0 Å². The van der Waals surface area contributed by atoms with Crippen LogP contribution in [0.5, 0.6) is 0 Å². The van der Waals surface area contributed by atoms with Crippen LogP contribution in [0.4, 0.5) is 17.1 Å². The number of hydrogen-bond donors (Lipinski definition) is 0. The smallest absolute Gasteiger partial charge is 0.139 e. The van der Waals surface area contributed by atoms with Gasteiger partial charge in [-0.1, -0.05) is 170 Å². The van der Waals surface area contributed by atoms with Crippen molar-refractivity contribution in [3.8, 4) is 44.7 Å². The van der Waals surface area contributed by atoms with Gasteiger partial charge in [0.1, 0.15) is 11.3 Å². The van der Waals surface area contributed by atoms with E-state index in [9.17, 15) is 0 Å². The number of fused-ring (bicyclic) bond motifs is 9. The Morgan fingerprint density at radius 2 is 0.897 bits per heavy atom. The summed E-state index contributed by atoms with van der Waals surface area (Å²) in [4.78, 5) is 2.37. The summed E-state index contributed by atoms with van der Waals surface area (Å²) < 4.78 is 6.72. The second-order valence-corrected chi connectivity index (χ2v) is 15.2. The Hall–Kier alpha value is -7.42. The molecule has 0 bridgehead atoms. The third kappa shape index (κ3) is 5.98. The quantitative estimate of drug-likeness (QED) is 0.175. The van der Waals surface area contributed by atoms with Crippen LogP contribution in [0.3, 0.4) is 0 Å². The maximum absolute atomic E-state index is 6.72. The van der Waals surface area contributed by atoms with Crippen LogP contribution in [0, 0.1) is 0 Å². The molecule has 9 aromatic carbocycles. The van der Waals surface area contributed by atoms with Crippen molar-refractivity contribution in [1.29, 1.82) is 0 Å². The van der Waals surface area contributed by atoms with Crippen molar-refractivity contribution >= 4 is 38.8 Å². The first-order valence-corrected chi connectivity index (χ1v) is 20.1. The molecule has 0 fully saturated rings. The first-order valence-electron chi connectivity index (χ1n) is 20.1. The third-order valence-corrected chi connectivity index (χ3v) is 11.8. The molecule has 274 valence electrons. The van der Waals surface area contributed by atoms with E-state index in [1.807, 2.05) is 0 Å². The molecule has 1 aromatic heterocycles. The Morgan fingerprint density at radius 3 is 1.69 bits per heavy atom. The van der Waals surface area contributed by atoms with Gasteiger partial charge in [-0.25, -0.2) is 0 Å². The van der Waals surface area contributed by atoms with Gasteiger partial charge in [0, 0.05) is 40.0 Å². The largest absolute Gasteiger partial charge is 0.456 e. The molecule has 0 N–H and O–H groups in total. The molecule has 0 spiro atoms. The van der Waals surface area contributed by atoms with Crippen molar-refractivity contribution in [3.05, 3.63) is 235 Å². The lowest BCUT2D eigenvalue weighted by atomic mass is 9.83. The standard InChI is InChI=1S/C56H39NO/c1-2-13-38(14-3-1)40-25-30-45(31-26-40)57(47-34-27-39-15-4-5-16-42(39)35-47)46-32-28-41(29-33-46)48-22-12-23-51-49-19-8-6-17-43(49)37-54-52-21-10-11-24-55(52)58-56(54)50-20-9-7-18-44(50)36-53(48)51/h1-35H,36-37H2. The number of para-hydroxylation sites is 1. The van der Waals surface area contributed by atoms with E-state index >= 15 is 0 Å². The number of furan rings is 1. The topological polar surface area (TPSA) is 16.4 Å². The molecule has 1 aliphatic rings. The first kappa shape index (κ1) is 33.9. The van der Waals surface area contributed by atoms with Gasteiger partial charge >= 0.3 is 0 Å². The lowest BCUT2D eigenvalue weighted by Gasteiger charge is -2.26. The highest BCUT2D eigenvalue weighted by Gasteiger charge is 2.24. The molecule has 0 radical (unpaired) electrons. The van der Waals surface area contributed by atoms with Crippen LogP contribution in [-0.2, 0) is 12.8 Å². The Morgan fingerprint density at radius 1 is 0.345 bits per heavy atom. The summed E-state index contributed by atoms with van der Waals surface area (Å²) in [5.74, 6) is 0.975. The number of benzene rings is 9. The van der Waals surface area contributed by atoms with Crippen molar-refractivity contribution in [2.75, 3.05) is 4.90 Å². The first-order chi connectivity index (χ1) is 28.7. The second kappa shape index (κ2) is 14.3. The predicted octanol–water partition coefficient (Wildman–Crippen LogP) is 15.2. The fourth-order valence-corrected chi connectivity index (χ4v) is 8.99. The average Bonchev–Trinajstić information content (AvgIpc) is 3.65. The fraction of sp³-hybridized carbons (Fsp3) is 0.0357. The van der Waals surface area contributed by atoms with E-state index in [1.165, 1.54) is 71.8 Å². The zero-order valence-electron chi connectivity index (χ0n) is 32.0. The summed E-state index contributed by atoms with van der Waals surface area (Å²) in [6, 6.07) is 77.0. The molecule has 2 heteroatoms. The summed E-state index contributed by atoms with van der Waals surface area (Å²) in [5.41, 5.74) is 17.9. The maximum atomic E-state index is 6.72. The SMILES string of the molecule is c1ccc(-c2ccc(N(c3ccc(-c4cccc5c4Cc4ccccc4-c4oc6ccccc6c4Cc4ccccc4-5)cc3)c3ccc4ccccc4c3)cc2)cc1. The molecule has 0 aliphatic heterocycles. The van der Waals surface area contributed by atoms with E-state index in [2.05, 4.69) is 217 Å². The molecular weight excluding hydrogens is 703 g/mol. The average molecular weight is 742 g/mol. The maximum Gasteiger partial charge on any atom is 0.139 e. The van der Waals surface area contributed by atoms with E-state index in [1.54, 1.807) is 0 Å². The summed E-state index contributed by atoms with van der Waals surface area (Å²) in [6.45, 7) is 0. The van der Waals surface area contributed by atoms with Gasteiger partial charge in [-0.2, -0.15) is 0 Å². The highest BCUT2D eigenvalue weighted by molar-refractivity contribution is 5.92. The predicted molar refractivity (Wildman–Crippen MR) is 242 cm³/mol. The molecular formula is C56H39NO. The molecule has 11 rings (SSSR count). The Bertz CT molecular complexity index is 3100. The van der Waals surface area contributed by atoms with E-state index in [0.717, 1.165) is 46.8 Å². The summed E-state index contributed by atoms with van der Waals surface area (Å²) in [6.07, 6.45) is 1.55. The molecule has 0 saturated carbocycles. The highest BCUT2D eigenvalue weighted by atomic mass is 16.3. The van der Waals surface area contributed by atoms with Crippen LogP contribution in [0.1, 0.15) is 22.3 Å². The van der Waals surface area contributed by atoms with Crippen molar-refractivity contribution < 1.29 is 4.42 Å². The zero-order chi connectivity index (χ0) is 38.4. The van der Waals surface area contributed by atoms with Gasteiger partial charge in [0.2, 0.25) is 0 Å². The minimum atomic E-state index is 0.769. The monoisotopic (exact) mass is 741 g/mol. The molecule has 0 amide bonds. The van der Waals surface area contributed by atoms with Gasteiger partial charge in [0.05, 0.1) is 0 Å². The van der Waals surface area contributed by atoms with Crippen molar-refractivity contribution in [3.63, 3.8) is 0 Å². The van der Waals surface area contributed by atoms with Gasteiger partial charge in [-0.05, 0) is 110 Å². The third-order valence-electron chi connectivity index (χ3n) is 11.8. The van der Waals surface area contributed by atoms with E-state index in [4.69, 9.17) is 4.42 Å². The molecule has 2 nitrogen and oxygen atoms in total. The van der Waals surface area contributed by atoms with E-state index < -0.39 is 0 Å². The highest BCUT2D eigenvalue weighted by Crippen LogP contribution is 2.44. The van der Waals surface area contributed by atoms with Crippen LogP contribution in [0.15, 0.2) is 217 Å². The molecule has 0 unspecified atom stereocenters. The van der Waals surface area contributed by atoms with Crippen LogP contribution >= 0.6 is 0 Å². The molecule has 58 heavy (non-hydrogen) atoms. The van der Waals surface area contributed by atoms with Gasteiger partial charge in [0.25, 0.3) is 0 Å². The Balaban J connectivity index is 1.04. The summed E-state index contributed by atoms with van der Waals surface area (Å²) in [7, 11) is 0. The molecule has 10 aromatic rings. The molecule has 0 atom stereocenters. The zero-order valence-corrected chi connectivity index (χ0v) is 32.0. The molecule has 1 aliphatic carbocycles. The number of rotatable bonds is 5. The van der Waals surface area contributed by atoms with Crippen LogP contribution in [0.2, 0.25) is 0 Å². The summed E-state index contributed by atoms with van der Waals surface area (Å²) in [5, 5.41) is 3.63. The number of anilines is 3. The van der Waals surface area contributed by atoms with Gasteiger partial charge in [-0.3, -0.25) is 0 Å². The lowest BCUT2D eigenvalue weighted by Crippen LogP contribution is -2.10. The van der Waals surface area contributed by atoms with Gasteiger partial charge in [0.15, 0.2) is 0 Å². The number of nitrogens with zero attached hydrogens (tertiary/aromatic N) is 1. The van der Waals surface area contributed by atoms with Gasteiger partial charge in [-0.15, -0.1) is 0 Å². The van der Waals surface area contributed by atoms with E-state index in [-0.39, 0.29) is 0 Å². The van der Waals surface area contributed by atoms with Crippen molar-refractivity contribution in [2.24, 2.45) is 0 Å². The summed E-state index contributed by atoms with van der Waals surface area (Å²) >= 11 is 0. The van der Waals surface area contributed by atoms with Crippen LogP contribution < -0.4 is 4.90 Å².